The molecule has 1 aromatic rings. The molecule has 0 spiro atoms. The minimum atomic E-state index is -0.699. The molecule has 0 aliphatic heterocycles. The number of thioether (sulfide) groups is 1. The Bertz CT molecular complexity index is 536. The second-order valence-electron chi connectivity index (χ2n) is 5.46. The molecule has 0 aromatic heterocycles. The summed E-state index contributed by atoms with van der Waals surface area (Å²) in [4.78, 5) is 12.6. The standard InChI is InChI=1S/C18H22O3S/c1-2-3-13-21-15-9-11-16(12-10-15)22-17(18(19)20)14-7-5-4-6-8-14/h9-12,14,17H,4-8,13H2,1H3,(H,19,20)/t17-/m0/s1. The first-order chi connectivity index (χ1) is 10.7. The third-order valence-corrected chi connectivity index (χ3v) is 5.28. The molecule has 0 unspecified atom stereocenters. The zero-order valence-corrected chi connectivity index (χ0v) is 13.7. The summed E-state index contributed by atoms with van der Waals surface area (Å²) in [6, 6.07) is 7.61. The van der Waals surface area contributed by atoms with Crippen LogP contribution in [0.4, 0.5) is 0 Å². The number of benzene rings is 1. The molecule has 1 aliphatic carbocycles. The summed E-state index contributed by atoms with van der Waals surface area (Å²) >= 11 is 1.46. The lowest BCUT2D eigenvalue weighted by Gasteiger charge is -2.27. The van der Waals surface area contributed by atoms with Gasteiger partial charge in [-0.1, -0.05) is 25.2 Å². The van der Waals surface area contributed by atoms with Gasteiger partial charge in [-0.25, -0.2) is 0 Å². The zero-order valence-electron chi connectivity index (χ0n) is 12.9. The second kappa shape index (κ2) is 8.75. The van der Waals surface area contributed by atoms with Crippen LogP contribution in [0.2, 0.25) is 0 Å². The summed E-state index contributed by atoms with van der Waals surface area (Å²) in [6.07, 6.45) is 5.60. The summed E-state index contributed by atoms with van der Waals surface area (Å²) in [7, 11) is 0. The first-order valence-electron chi connectivity index (χ1n) is 7.72. The molecule has 118 valence electrons. The van der Waals surface area contributed by atoms with Crippen molar-refractivity contribution >= 4 is 17.7 Å². The minimum absolute atomic E-state index is 0.284. The SMILES string of the molecule is CC#CCOc1ccc(S[C@H](C(=O)O)C2CCCCC2)cc1. The summed E-state index contributed by atoms with van der Waals surface area (Å²) in [5.74, 6) is 5.97. The molecular formula is C18H22O3S. The Hall–Kier alpha value is -1.60. The van der Waals surface area contributed by atoms with Crippen molar-refractivity contribution < 1.29 is 14.6 Å². The molecule has 1 saturated carbocycles. The number of carboxylic acid groups (broad SMARTS) is 1. The Morgan fingerprint density at radius 1 is 1.32 bits per heavy atom. The largest absolute Gasteiger partial charge is 0.481 e. The smallest absolute Gasteiger partial charge is 0.317 e. The maximum atomic E-state index is 11.6. The lowest BCUT2D eigenvalue weighted by atomic mass is 9.87. The van der Waals surface area contributed by atoms with Crippen molar-refractivity contribution in [3.05, 3.63) is 24.3 Å². The van der Waals surface area contributed by atoms with E-state index in [1.54, 1.807) is 6.92 Å². The van der Waals surface area contributed by atoms with E-state index >= 15 is 0 Å². The van der Waals surface area contributed by atoms with Gasteiger partial charge in [0.05, 0.1) is 0 Å². The molecule has 2 rings (SSSR count). The van der Waals surface area contributed by atoms with Gasteiger partial charge in [0.1, 0.15) is 17.6 Å². The van der Waals surface area contributed by atoms with Crippen LogP contribution in [0, 0.1) is 17.8 Å². The molecule has 4 heteroatoms. The Kier molecular flexibility index (Phi) is 6.67. The quantitative estimate of drug-likeness (QED) is 0.630. The highest BCUT2D eigenvalue weighted by Gasteiger charge is 2.30. The molecule has 1 fully saturated rings. The van der Waals surface area contributed by atoms with E-state index in [1.807, 2.05) is 24.3 Å². The molecular weight excluding hydrogens is 296 g/mol. The van der Waals surface area contributed by atoms with Crippen LogP contribution >= 0.6 is 11.8 Å². The molecule has 3 nitrogen and oxygen atoms in total. The minimum Gasteiger partial charge on any atom is -0.481 e. The van der Waals surface area contributed by atoms with Gasteiger partial charge in [0.25, 0.3) is 0 Å². The molecule has 22 heavy (non-hydrogen) atoms. The highest BCUT2D eigenvalue weighted by Crippen LogP contribution is 2.36. The molecule has 1 aliphatic rings. The van der Waals surface area contributed by atoms with Crippen LogP contribution in [0.15, 0.2) is 29.2 Å². The van der Waals surface area contributed by atoms with Crippen molar-refractivity contribution in [2.45, 2.75) is 49.2 Å². The van der Waals surface area contributed by atoms with Gasteiger partial charge in [0, 0.05) is 4.90 Å². The van der Waals surface area contributed by atoms with Crippen LogP contribution in [0.1, 0.15) is 39.0 Å². The van der Waals surface area contributed by atoms with Gasteiger partial charge in [0.2, 0.25) is 0 Å². The fourth-order valence-electron chi connectivity index (χ4n) is 2.74. The highest BCUT2D eigenvalue weighted by atomic mass is 32.2. The number of ether oxygens (including phenoxy) is 1. The average Bonchev–Trinajstić information content (AvgIpc) is 2.55. The van der Waals surface area contributed by atoms with Crippen molar-refractivity contribution in [3.8, 4) is 17.6 Å². The van der Waals surface area contributed by atoms with Crippen LogP contribution < -0.4 is 4.74 Å². The summed E-state index contributed by atoms with van der Waals surface area (Å²) in [5, 5.41) is 9.17. The molecule has 0 amide bonds. The highest BCUT2D eigenvalue weighted by molar-refractivity contribution is 8.00. The fraction of sp³-hybridized carbons (Fsp3) is 0.500. The van der Waals surface area contributed by atoms with Crippen molar-refractivity contribution in [1.82, 2.24) is 0 Å². The zero-order chi connectivity index (χ0) is 15.8. The second-order valence-corrected chi connectivity index (χ2v) is 6.68. The fourth-order valence-corrected chi connectivity index (χ4v) is 3.89. The summed E-state index contributed by atoms with van der Waals surface area (Å²) in [6.45, 7) is 2.16. The average molecular weight is 318 g/mol. The van der Waals surface area contributed by atoms with Gasteiger partial charge in [-0.3, -0.25) is 4.79 Å². The van der Waals surface area contributed by atoms with Crippen LogP contribution in [0.25, 0.3) is 0 Å². The van der Waals surface area contributed by atoms with Crippen LogP contribution in [-0.2, 0) is 4.79 Å². The third kappa shape index (κ3) is 4.99. The van der Waals surface area contributed by atoms with Gasteiger partial charge in [-0.05, 0) is 49.9 Å². The lowest BCUT2D eigenvalue weighted by Crippen LogP contribution is -2.28. The van der Waals surface area contributed by atoms with E-state index in [9.17, 15) is 9.90 Å². The van der Waals surface area contributed by atoms with E-state index in [4.69, 9.17) is 4.74 Å². The number of hydrogen-bond donors (Lipinski definition) is 1. The molecule has 1 atom stereocenters. The lowest BCUT2D eigenvalue weighted by molar-refractivity contribution is -0.137. The van der Waals surface area contributed by atoms with Crippen molar-refractivity contribution in [2.24, 2.45) is 5.92 Å². The predicted molar refractivity (Wildman–Crippen MR) is 89.2 cm³/mol. The Morgan fingerprint density at radius 2 is 2.00 bits per heavy atom. The van der Waals surface area contributed by atoms with Gasteiger partial charge in [-0.2, -0.15) is 0 Å². The van der Waals surface area contributed by atoms with E-state index in [0.29, 0.717) is 6.61 Å². The van der Waals surface area contributed by atoms with E-state index in [2.05, 4.69) is 11.8 Å². The van der Waals surface area contributed by atoms with E-state index in [0.717, 1.165) is 36.3 Å². The van der Waals surface area contributed by atoms with Gasteiger partial charge < -0.3 is 9.84 Å². The normalized spacial score (nSPS) is 16.4. The first kappa shape index (κ1) is 16.8. The maximum absolute atomic E-state index is 11.6. The molecule has 0 saturated heterocycles. The maximum Gasteiger partial charge on any atom is 0.317 e. The number of aliphatic carboxylic acids is 1. The van der Waals surface area contributed by atoms with Crippen molar-refractivity contribution in [3.63, 3.8) is 0 Å². The molecule has 1 N–H and O–H groups in total. The van der Waals surface area contributed by atoms with E-state index in [1.165, 1.54) is 18.2 Å². The van der Waals surface area contributed by atoms with Gasteiger partial charge in [-0.15, -0.1) is 17.7 Å². The number of rotatable bonds is 6. The Labute approximate surface area is 136 Å². The Balaban J connectivity index is 1.96. The van der Waals surface area contributed by atoms with Gasteiger partial charge >= 0.3 is 5.97 Å². The summed E-state index contributed by atoms with van der Waals surface area (Å²) in [5.41, 5.74) is 0. The number of hydrogen-bond acceptors (Lipinski definition) is 3. The monoisotopic (exact) mass is 318 g/mol. The molecule has 0 bridgehead atoms. The summed E-state index contributed by atoms with van der Waals surface area (Å²) < 4.78 is 5.47. The first-order valence-corrected chi connectivity index (χ1v) is 8.60. The van der Waals surface area contributed by atoms with Crippen LogP contribution in [0.3, 0.4) is 0 Å². The third-order valence-electron chi connectivity index (χ3n) is 3.90. The van der Waals surface area contributed by atoms with E-state index < -0.39 is 5.97 Å². The number of carbonyl (C=O) groups is 1. The van der Waals surface area contributed by atoms with Crippen LogP contribution in [-0.4, -0.2) is 22.9 Å². The van der Waals surface area contributed by atoms with Crippen molar-refractivity contribution in [1.29, 1.82) is 0 Å². The molecule has 0 radical (unpaired) electrons. The molecule has 0 heterocycles. The van der Waals surface area contributed by atoms with Gasteiger partial charge in [0.15, 0.2) is 0 Å². The number of carboxylic acids is 1. The topological polar surface area (TPSA) is 46.5 Å². The van der Waals surface area contributed by atoms with Crippen LogP contribution in [0.5, 0.6) is 5.75 Å². The molecule has 1 aromatic carbocycles. The van der Waals surface area contributed by atoms with E-state index in [-0.39, 0.29) is 11.2 Å². The predicted octanol–water partition coefficient (Wildman–Crippen LogP) is 4.21. The van der Waals surface area contributed by atoms with Crippen molar-refractivity contribution in [2.75, 3.05) is 6.61 Å². The Morgan fingerprint density at radius 3 is 2.59 bits per heavy atom.